The summed E-state index contributed by atoms with van der Waals surface area (Å²) in [5.74, 6) is 2.00. The van der Waals surface area contributed by atoms with Crippen molar-refractivity contribution < 1.29 is 9.84 Å². The van der Waals surface area contributed by atoms with Gasteiger partial charge in [-0.1, -0.05) is 6.07 Å². The number of hydrogen-bond acceptors (Lipinski definition) is 5. The average molecular weight is 364 g/mol. The number of methoxy groups -OCH3 is 1. The molecular formula is C21H24N4O2. The number of rotatable bonds is 6. The summed E-state index contributed by atoms with van der Waals surface area (Å²) in [7, 11) is 1.66. The number of aliphatic hydroxyl groups excluding tert-OH is 1. The lowest BCUT2D eigenvalue weighted by Gasteiger charge is -2.16. The SMILES string of the molecule is COc1ccc(-n2ccnc2CN2C[C@@H](Cc3ccccn3)[C@H](O)C2)cc1. The highest BCUT2D eigenvalue weighted by Crippen LogP contribution is 2.23. The molecule has 0 amide bonds. The van der Waals surface area contributed by atoms with Crippen LogP contribution in [0.25, 0.3) is 5.69 Å². The predicted octanol–water partition coefficient (Wildman–Crippen LogP) is 2.31. The quantitative estimate of drug-likeness (QED) is 0.727. The summed E-state index contributed by atoms with van der Waals surface area (Å²) >= 11 is 0. The largest absolute Gasteiger partial charge is 0.497 e. The first-order valence-corrected chi connectivity index (χ1v) is 9.20. The van der Waals surface area contributed by atoms with Crippen molar-refractivity contribution in [2.45, 2.75) is 19.1 Å². The Labute approximate surface area is 159 Å². The van der Waals surface area contributed by atoms with Gasteiger partial charge in [-0.25, -0.2) is 4.98 Å². The first kappa shape index (κ1) is 17.7. The Kier molecular flexibility index (Phi) is 5.18. The standard InChI is InChI=1S/C21H24N4O2/c1-27-19-7-5-18(6-8-19)25-11-10-23-21(25)15-24-13-16(20(26)14-24)12-17-4-2-3-9-22-17/h2-11,16,20,26H,12-15H2,1H3/t16-,20-/m1/s1. The summed E-state index contributed by atoms with van der Waals surface area (Å²) in [6.45, 7) is 2.20. The van der Waals surface area contributed by atoms with Crippen molar-refractivity contribution in [1.82, 2.24) is 19.4 Å². The lowest BCUT2D eigenvalue weighted by molar-refractivity contribution is 0.140. The zero-order valence-corrected chi connectivity index (χ0v) is 15.4. The van der Waals surface area contributed by atoms with Gasteiger partial charge in [0.05, 0.1) is 19.8 Å². The Hall–Kier alpha value is -2.70. The maximum Gasteiger partial charge on any atom is 0.127 e. The summed E-state index contributed by atoms with van der Waals surface area (Å²) < 4.78 is 7.31. The highest BCUT2D eigenvalue weighted by Gasteiger charge is 2.32. The second kappa shape index (κ2) is 7.90. The van der Waals surface area contributed by atoms with E-state index in [1.807, 2.05) is 54.9 Å². The molecule has 6 nitrogen and oxygen atoms in total. The number of pyridine rings is 1. The number of aromatic nitrogens is 3. The van der Waals surface area contributed by atoms with Crippen molar-refractivity contribution in [1.29, 1.82) is 0 Å². The highest BCUT2D eigenvalue weighted by atomic mass is 16.5. The maximum absolute atomic E-state index is 10.5. The third kappa shape index (κ3) is 4.02. The Morgan fingerprint density at radius 2 is 1.93 bits per heavy atom. The third-order valence-electron chi connectivity index (χ3n) is 5.11. The van der Waals surface area contributed by atoms with E-state index in [0.717, 1.165) is 35.9 Å². The zero-order chi connectivity index (χ0) is 18.6. The summed E-state index contributed by atoms with van der Waals surface area (Å²) in [5, 5.41) is 10.5. The summed E-state index contributed by atoms with van der Waals surface area (Å²) in [4.78, 5) is 11.2. The minimum Gasteiger partial charge on any atom is -0.497 e. The number of aliphatic hydroxyl groups is 1. The molecule has 0 bridgehead atoms. The van der Waals surface area contributed by atoms with E-state index in [-0.39, 0.29) is 12.0 Å². The molecule has 6 heteroatoms. The van der Waals surface area contributed by atoms with Gasteiger partial charge in [0.2, 0.25) is 0 Å². The van der Waals surface area contributed by atoms with Crippen LogP contribution in [0.15, 0.2) is 61.1 Å². The van der Waals surface area contributed by atoms with Gasteiger partial charge in [-0.2, -0.15) is 0 Å². The number of benzene rings is 1. The Bertz CT molecular complexity index is 863. The number of nitrogens with zero attached hydrogens (tertiary/aromatic N) is 4. The second-order valence-corrected chi connectivity index (χ2v) is 6.96. The molecule has 1 aromatic carbocycles. The normalized spacial score (nSPS) is 20.1. The number of imidazole rings is 1. The van der Waals surface area contributed by atoms with Gasteiger partial charge in [-0.15, -0.1) is 0 Å². The molecule has 0 saturated carbocycles. The van der Waals surface area contributed by atoms with Crippen LogP contribution in [0.5, 0.6) is 5.75 Å². The minimum absolute atomic E-state index is 0.198. The fraction of sp³-hybridized carbons (Fsp3) is 0.333. The summed E-state index contributed by atoms with van der Waals surface area (Å²) in [5.41, 5.74) is 2.08. The van der Waals surface area contributed by atoms with Crippen LogP contribution in [0.3, 0.4) is 0 Å². The molecule has 0 spiro atoms. The van der Waals surface area contributed by atoms with E-state index in [4.69, 9.17) is 4.74 Å². The Morgan fingerprint density at radius 3 is 2.67 bits per heavy atom. The summed E-state index contributed by atoms with van der Waals surface area (Å²) in [6.07, 6.45) is 6.05. The molecule has 1 fully saturated rings. The molecule has 0 aliphatic carbocycles. The fourth-order valence-electron chi connectivity index (χ4n) is 3.69. The molecule has 0 unspecified atom stereocenters. The van der Waals surface area contributed by atoms with Gasteiger partial charge in [0.15, 0.2) is 0 Å². The van der Waals surface area contributed by atoms with E-state index in [0.29, 0.717) is 13.1 Å². The molecule has 4 rings (SSSR count). The van der Waals surface area contributed by atoms with E-state index in [1.165, 1.54) is 0 Å². The monoisotopic (exact) mass is 364 g/mol. The molecule has 3 aromatic rings. The van der Waals surface area contributed by atoms with E-state index < -0.39 is 0 Å². The Balaban J connectivity index is 1.43. The van der Waals surface area contributed by atoms with Gasteiger partial charge in [0.1, 0.15) is 11.6 Å². The van der Waals surface area contributed by atoms with Crippen molar-refractivity contribution in [2.24, 2.45) is 5.92 Å². The van der Waals surface area contributed by atoms with E-state index in [9.17, 15) is 5.11 Å². The van der Waals surface area contributed by atoms with Crippen molar-refractivity contribution in [2.75, 3.05) is 20.2 Å². The van der Waals surface area contributed by atoms with E-state index in [1.54, 1.807) is 13.3 Å². The molecule has 1 N–H and O–H groups in total. The lowest BCUT2D eigenvalue weighted by atomic mass is 10.00. The number of β-amino-alcohol motifs (C(OH)–C–C–N with tert-alkyl or cyclic N) is 1. The van der Waals surface area contributed by atoms with Gasteiger partial charge in [0.25, 0.3) is 0 Å². The first-order valence-electron chi connectivity index (χ1n) is 9.20. The highest BCUT2D eigenvalue weighted by molar-refractivity contribution is 5.38. The van der Waals surface area contributed by atoms with Crippen molar-refractivity contribution in [3.05, 3.63) is 72.6 Å². The van der Waals surface area contributed by atoms with Crippen LogP contribution >= 0.6 is 0 Å². The van der Waals surface area contributed by atoms with Gasteiger partial charge >= 0.3 is 0 Å². The molecular weight excluding hydrogens is 340 g/mol. The fourth-order valence-corrected chi connectivity index (χ4v) is 3.69. The van der Waals surface area contributed by atoms with E-state index >= 15 is 0 Å². The van der Waals surface area contributed by atoms with Crippen LogP contribution in [0, 0.1) is 5.92 Å². The van der Waals surface area contributed by atoms with Gasteiger partial charge in [-0.3, -0.25) is 9.88 Å². The topological polar surface area (TPSA) is 63.4 Å². The summed E-state index contributed by atoms with van der Waals surface area (Å²) in [6, 6.07) is 13.9. The first-order chi connectivity index (χ1) is 13.2. The molecule has 27 heavy (non-hydrogen) atoms. The molecule has 2 aromatic heterocycles. The van der Waals surface area contributed by atoms with E-state index in [2.05, 4.69) is 19.4 Å². The minimum atomic E-state index is -0.337. The molecule has 0 radical (unpaired) electrons. The molecule has 1 aliphatic rings. The third-order valence-corrected chi connectivity index (χ3v) is 5.11. The van der Waals surface area contributed by atoms with Crippen LogP contribution < -0.4 is 4.74 Å². The second-order valence-electron chi connectivity index (χ2n) is 6.96. The lowest BCUT2D eigenvalue weighted by Crippen LogP contribution is -2.23. The van der Waals surface area contributed by atoms with Crippen molar-refractivity contribution in [3.63, 3.8) is 0 Å². The Morgan fingerprint density at radius 1 is 1.07 bits per heavy atom. The number of likely N-dealkylation sites (tertiary alicyclic amines) is 1. The van der Waals surface area contributed by atoms with Gasteiger partial charge in [-0.05, 0) is 42.8 Å². The van der Waals surface area contributed by atoms with Crippen LogP contribution in [-0.4, -0.2) is 50.8 Å². The van der Waals surface area contributed by atoms with Crippen LogP contribution in [0.4, 0.5) is 0 Å². The van der Waals surface area contributed by atoms with Crippen LogP contribution in [-0.2, 0) is 13.0 Å². The van der Waals surface area contributed by atoms with Crippen LogP contribution in [0.1, 0.15) is 11.5 Å². The van der Waals surface area contributed by atoms with Crippen LogP contribution in [0.2, 0.25) is 0 Å². The number of hydrogen-bond donors (Lipinski definition) is 1. The molecule has 2 atom stereocenters. The maximum atomic E-state index is 10.5. The molecule has 1 saturated heterocycles. The average Bonchev–Trinajstić information content (AvgIpc) is 3.29. The predicted molar refractivity (Wildman–Crippen MR) is 103 cm³/mol. The molecule has 3 heterocycles. The number of ether oxygens (including phenoxy) is 1. The van der Waals surface area contributed by atoms with Gasteiger partial charge < -0.3 is 14.4 Å². The molecule has 1 aliphatic heterocycles. The van der Waals surface area contributed by atoms with Gasteiger partial charge in [0, 0.05) is 49.0 Å². The molecule has 140 valence electrons. The zero-order valence-electron chi connectivity index (χ0n) is 15.4. The van der Waals surface area contributed by atoms with Crippen molar-refractivity contribution >= 4 is 0 Å². The smallest absolute Gasteiger partial charge is 0.127 e. The van der Waals surface area contributed by atoms with Crippen molar-refractivity contribution in [3.8, 4) is 11.4 Å².